The van der Waals surface area contributed by atoms with Crippen molar-refractivity contribution in [2.45, 2.75) is 25.8 Å². The van der Waals surface area contributed by atoms with Crippen molar-refractivity contribution >= 4 is 29.1 Å². The number of nitrogens with zero attached hydrogens (tertiary/aromatic N) is 5. The van der Waals surface area contributed by atoms with Crippen LogP contribution in [0.4, 0.5) is 30.6 Å². The molecule has 0 aliphatic carbocycles. The first-order valence-corrected chi connectivity index (χ1v) is 16.3. The Morgan fingerprint density at radius 3 is 1.65 bits per heavy atom. The summed E-state index contributed by atoms with van der Waals surface area (Å²) in [6.45, 7) is 1.11. The molecule has 0 aliphatic heterocycles. The van der Waals surface area contributed by atoms with Gasteiger partial charge in [-0.25, -0.2) is 9.97 Å². The Labute approximate surface area is 313 Å². The first-order chi connectivity index (χ1) is 25.9. The van der Waals surface area contributed by atoms with E-state index in [1.807, 2.05) is 24.3 Å². The number of hydrogen-bond acceptors (Lipinski definition) is 13. The van der Waals surface area contributed by atoms with E-state index in [2.05, 4.69) is 40.9 Å². The molecule has 3 aromatic heterocycles. The number of nitrogens with one attached hydrogen (secondary N) is 3. The number of para-hydroxylation sites is 3. The van der Waals surface area contributed by atoms with Gasteiger partial charge in [0.25, 0.3) is 0 Å². The van der Waals surface area contributed by atoms with E-state index in [1.54, 1.807) is 60.9 Å². The van der Waals surface area contributed by atoms with Gasteiger partial charge >= 0.3 is 12.2 Å². The zero-order chi connectivity index (χ0) is 38.9. The number of benzene rings is 3. The molecule has 3 heterocycles. The Morgan fingerprint density at radius 1 is 0.630 bits per heavy atom. The normalized spacial score (nSPS) is 10.5. The molecule has 0 saturated carbocycles. The van der Waals surface area contributed by atoms with Crippen LogP contribution in [0.1, 0.15) is 22.3 Å². The van der Waals surface area contributed by atoms with Gasteiger partial charge in [-0.2, -0.15) is 23.1 Å². The van der Waals surface area contributed by atoms with Crippen molar-refractivity contribution in [1.82, 2.24) is 24.9 Å². The standard InChI is InChI=1S/C13H10ClF3N2O.2C12H13N3O2/c14-11-5-9(13(15,16)17)6-12(19-11)18-7-8-3-1-2-4-10(8)20;1-17-12-8-13-7-11(15-12)14-6-9-4-2-3-5-10(9)16;1-17-12-13-7-6-11(15-12)14-8-9-4-2-3-5-10(9)16/h1-6,20H,7H2,(H,18,19);2-5,7-8,16H,6H2,1H3,(H,14,15);2-7,16H,8H2,1H3,(H,13,14,15). The van der Waals surface area contributed by atoms with Crippen molar-refractivity contribution in [3.05, 3.63) is 137 Å². The number of phenolic OH excluding ortho intramolecular Hbond substituents is 3. The van der Waals surface area contributed by atoms with E-state index in [0.717, 1.165) is 23.3 Å². The number of alkyl halides is 3. The molecule has 0 unspecified atom stereocenters. The maximum absolute atomic E-state index is 12.6. The first-order valence-electron chi connectivity index (χ1n) is 15.9. The molecule has 0 radical (unpaired) electrons. The smallest absolute Gasteiger partial charge is 0.416 e. The Hall–Kier alpha value is -6.55. The minimum absolute atomic E-state index is 0.00641. The lowest BCUT2D eigenvalue weighted by Crippen LogP contribution is -2.08. The van der Waals surface area contributed by atoms with Crippen molar-refractivity contribution in [3.63, 3.8) is 0 Å². The lowest BCUT2D eigenvalue weighted by molar-refractivity contribution is -0.137. The van der Waals surface area contributed by atoms with Gasteiger partial charge in [-0.15, -0.1) is 0 Å². The van der Waals surface area contributed by atoms with Crippen LogP contribution in [0, 0.1) is 0 Å². The van der Waals surface area contributed by atoms with Gasteiger partial charge in [0.05, 0.1) is 32.2 Å². The highest BCUT2D eigenvalue weighted by molar-refractivity contribution is 6.29. The van der Waals surface area contributed by atoms with Gasteiger partial charge in [-0.1, -0.05) is 66.2 Å². The van der Waals surface area contributed by atoms with Crippen LogP contribution in [-0.4, -0.2) is 54.5 Å². The third-order valence-corrected chi connectivity index (χ3v) is 7.31. The molecule has 17 heteroatoms. The second kappa shape index (κ2) is 19.9. The van der Waals surface area contributed by atoms with Crippen molar-refractivity contribution in [1.29, 1.82) is 0 Å². The number of anilines is 3. The third-order valence-electron chi connectivity index (χ3n) is 7.11. The van der Waals surface area contributed by atoms with Gasteiger partial charge in [0.1, 0.15) is 39.9 Å². The van der Waals surface area contributed by atoms with E-state index < -0.39 is 11.7 Å². The molecular weight excluding hydrogens is 729 g/mol. The molecule has 0 bridgehead atoms. The largest absolute Gasteiger partial charge is 0.508 e. The monoisotopic (exact) mass is 764 g/mol. The number of halogens is 4. The highest BCUT2D eigenvalue weighted by atomic mass is 35.5. The second-order valence-electron chi connectivity index (χ2n) is 10.9. The average molecular weight is 765 g/mol. The van der Waals surface area contributed by atoms with Gasteiger partial charge < -0.3 is 40.7 Å². The Balaban J connectivity index is 0.000000181. The van der Waals surface area contributed by atoms with Crippen LogP contribution in [-0.2, 0) is 25.8 Å². The van der Waals surface area contributed by atoms with Crippen molar-refractivity contribution in [2.24, 2.45) is 0 Å². The zero-order valence-corrected chi connectivity index (χ0v) is 29.7. The number of rotatable bonds is 11. The fourth-order valence-corrected chi connectivity index (χ4v) is 4.57. The van der Waals surface area contributed by atoms with Crippen LogP contribution in [0.25, 0.3) is 0 Å². The summed E-state index contributed by atoms with van der Waals surface area (Å²) >= 11 is 5.57. The molecule has 0 fully saturated rings. The third kappa shape index (κ3) is 12.9. The Kier molecular flexibility index (Phi) is 14.8. The van der Waals surface area contributed by atoms with E-state index in [0.29, 0.717) is 42.2 Å². The summed E-state index contributed by atoms with van der Waals surface area (Å²) in [5, 5.41) is 37.3. The number of pyridine rings is 1. The highest BCUT2D eigenvalue weighted by Crippen LogP contribution is 2.32. The molecule has 282 valence electrons. The van der Waals surface area contributed by atoms with E-state index in [9.17, 15) is 28.5 Å². The number of aromatic hydroxyl groups is 3. The minimum Gasteiger partial charge on any atom is -0.508 e. The summed E-state index contributed by atoms with van der Waals surface area (Å²) in [5.74, 6) is 2.28. The van der Waals surface area contributed by atoms with Crippen LogP contribution < -0.4 is 25.4 Å². The summed E-state index contributed by atoms with van der Waals surface area (Å²) in [4.78, 5) is 19.9. The lowest BCUT2D eigenvalue weighted by atomic mass is 10.2. The van der Waals surface area contributed by atoms with Crippen molar-refractivity contribution < 1.29 is 38.0 Å². The maximum Gasteiger partial charge on any atom is 0.416 e. The van der Waals surface area contributed by atoms with Gasteiger partial charge in [0.2, 0.25) is 5.88 Å². The van der Waals surface area contributed by atoms with Gasteiger partial charge in [0.15, 0.2) is 0 Å². The van der Waals surface area contributed by atoms with E-state index in [-0.39, 0.29) is 34.8 Å². The highest BCUT2D eigenvalue weighted by Gasteiger charge is 2.31. The molecule has 0 atom stereocenters. The fourth-order valence-electron chi connectivity index (χ4n) is 4.36. The molecule has 0 amide bonds. The summed E-state index contributed by atoms with van der Waals surface area (Å²) in [6, 6.07) is 24.5. The summed E-state index contributed by atoms with van der Waals surface area (Å²) in [6.07, 6.45) is 0.255. The molecule has 0 spiro atoms. The summed E-state index contributed by atoms with van der Waals surface area (Å²) in [5.41, 5.74) is 1.28. The topological polar surface area (TPSA) is 180 Å². The fraction of sp³-hybridized carbons (Fsp3) is 0.162. The molecule has 3 aromatic carbocycles. The number of ether oxygens (including phenoxy) is 2. The molecule has 6 aromatic rings. The summed E-state index contributed by atoms with van der Waals surface area (Å²) < 4.78 is 47.7. The van der Waals surface area contributed by atoms with Crippen LogP contribution in [0.15, 0.2) is 110 Å². The number of phenols is 3. The predicted molar refractivity (Wildman–Crippen MR) is 198 cm³/mol. The van der Waals surface area contributed by atoms with Gasteiger partial charge in [-0.3, -0.25) is 4.98 Å². The molecule has 0 aliphatic rings. The van der Waals surface area contributed by atoms with E-state index >= 15 is 0 Å². The Morgan fingerprint density at radius 2 is 1.15 bits per heavy atom. The number of methoxy groups -OCH3 is 2. The number of hydrogen-bond donors (Lipinski definition) is 6. The first kappa shape index (κ1) is 40.2. The molecule has 13 nitrogen and oxygen atoms in total. The van der Waals surface area contributed by atoms with Crippen LogP contribution in [0.3, 0.4) is 0 Å². The van der Waals surface area contributed by atoms with Gasteiger partial charge in [-0.05, 0) is 36.4 Å². The van der Waals surface area contributed by atoms with E-state index in [4.69, 9.17) is 21.1 Å². The van der Waals surface area contributed by atoms with E-state index in [1.165, 1.54) is 26.5 Å². The minimum atomic E-state index is -4.49. The average Bonchev–Trinajstić information content (AvgIpc) is 3.17. The molecule has 6 N–H and O–H groups in total. The molecule has 54 heavy (non-hydrogen) atoms. The molecule has 6 rings (SSSR count). The van der Waals surface area contributed by atoms with Crippen molar-refractivity contribution in [3.8, 4) is 29.1 Å². The predicted octanol–water partition coefficient (Wildman–Crippen LogP) is 7.68. The van der Waals surface area contributed by atoms with Gasteiger partial charge in [0, 0.05) is 42.5 Å². The Bertz CT molecular complexity index is 2000. The van der Waals surface area contributed by atoms with Crippen LogP contribution in [0.2, 0.25) is 5.15 Å². The quantitative estimate of drug-likeness (QED) is 0.0708. The molecular formula is C37H36ClF3N8O5. The SMILES string of the molecule is COc1cncc(NCc2ccccc2O)n1.COc1nccc(NCc2ccccc2O)n1.Oc1ccccc1CNc1cc(C(F)(F)F)cc(Cl)n1. The molecule has 0 saturated heterocycles. The van der Waals surface area contributed by atoms with Crippen LogP contribution in [0.5, 0.6) is 29.1 Å². The number of aromatic nitrogens is 5. The maximum atomic E-state index is 12.6. The van der Waals surface area contributed by atoms with Crippen molar-refractivity contribution in [2.75, 3.05) is 30.2 Å². The van der Waals surface area contributed by atoms with Crippen LogP contribution >= 0.6 is 11.6 Å². The summed E-state index contributed by atoms with van der Waals surface area (Å²) in [7, 11) is 3.05. The second-order valence-corrected chi connectivity index (χ2v) is 11.3. The lowest BCUT2D eigenvalue weighted by Gasteiger charge is -2.11. The zero-order valence-electron chi connectivity index (χ0n) is 28.9.